The van der Waals surface area contributed by atoms with E-state index in [0.29, 0.717) is 16.0 Å². The maximum atomic E-state index is 12.5. The van der Waals surface area contributed by atoms with Gasteiger partial charge in [0.2, 0.25) is 5.91 Å². The zero-order chi connectivity index (χ0) is 24.6. The van der Waals surface area contributed by atoms with Crippen LogP contribution in [-0.2, 0) is 4.79 Å². The Balaban J connectivity index is 1.29. The number of thiocarbonyl (C=S) groups is 1. The summed E-state index contributed by atoms with van der Waals surface area (Å²) >= 11 is 11.7. The molecule has 0 spiro atoms. The van der Waals surface area contributed by atoms with Crippen LogP contribution in [0.4, 0.5) is 16.5 Å². The number of hydrogen-bond donors (Lipinski definition) is 3. The first-order chi connectivity index (χ1) is 17.0. The van der Waals surface area contributed by atoms with Crippen LogP contribution in [0.1, 0.15) is 0 Å². The predicted octanol–water partition coefficient (Wildman–Crippen LogP) is 7.12. The van der Waals surface area contributed by atoms with Gasteiger partial charge in [-0.2, -0.15) is 0 Å². The summed E-state index contributed by atoms with van der Waals surface area (Å²) in [5.74, 6) is 0.857. The SMILES string of the molecule is COc1ccccc1NC(=S)Nc1cccc(SCC(=O)Nc2nc(-c3ccc(Br)cc3)cs2)c1. The molecular formula is C25H21BrN4O2S3. The molecule has 0 bridgehead atoms. The largest absolute Gasteiger partial charge is 0.495 e. The third kappa shape index (κ3) is 7.28. The number of methoxy groups -OCH3 is 1. The van der Waals surface area contributed by atoms with Gasteiger partial charge in [-0.3, -0.25) is 4.79 Å². The van der Waals surface area contributed by atoms with Crippen LogP contribution in [-0.4, -0.2) is 28.9 Å². The lowest BCUT2D eigenvalue weighted by Crippen LogP contribution is -2.19. The number of rotatable bonds is 8. The first-order valence-electron chi connectivity index (χ1n) is 10.5. The Labute approximate surface area is 225 Å². The molecule has 1 amide bonds. The van der Waals surface area contributed by atoms with Gasteiger partial charge in [0.25, 0.3) is 0 Å². The highest BCUT2D eigenvalue weighted by molar-refractivity contribution is 9.10. The molecule has 3 N–H and O–H groups in total. The van der Waals surface area contributed by atoms with Crippen LogP contribution in [0, 0.1) is 0 Å². The van der Waals surface area contributed by atoms with E-state index < -0.39 is 0 Å². The molecule has 0 unspecified atom stereocenters. The molecule has 0 saturated heterocycles. The Kier molecular flexibility index (Phi) is 8.75. The molecule has 178 valence electrons. The number of halogens is 1. The smallest absolute Gasteiger partial charge is 0.236 e. The highest BCUT2D eigenvalue weighted by Crippen LogP contribution is 2.27. The van der Waals surface area contributed by atoms with Crippen LogP contribution < -0.4 is 20.7 Å². The molecule has 3 aromatic carbocycles. The standard InChI is InChI=1S/C25H21BrN4O2S3/c1-32-22-8-3-2-7-20(22)28-24(33)27-18-5-4-6-19(13-18)34-15-23(31)30-25-29-21(14-35-25)16-9-11-17(26)12-10-16/h2-14H,15H2,1H3,(H2,27,28,33)(H,29,30,31). The van der Waals surface area contributed by atoms with E-state index in [-0.39, 0.29) is 11.7 Å². The van der Waals surface area contributed by atoms with Gasteiger partial charge in [0, 0.05) is 26.0 Å². The fourth-order valence-electron chi connectivity index (χ4n) is 3.08. The van der Waals surface area contributed by atoms with E-state index in [0.717, 1.165) is 32.0 Å². The third-order valence-corrected chi connectivity index (χ3v) is 7.19. The second kappa shape index (κ2) is 12.2. The van der Waals surface area contributed by atoms with E-state index in [1.165, 1.54) is 23.1 Å². The number of nitrogens with zero attached hydrogens (tertiary/aromatic N) is 1. The van der Waals surface area contributed by atoms with Crippen molar-refractivity contribution in [3.05, 3.63) is 82.6 Å². The molecule has 0 saturated carbocycles. The summed E-state index contributed by atoms with van der Waals surface area (Å²) in [4.78, 5) is 17.9. The predicted molar refractivity (Wildman–Crippen MR) is 154 cm³/mol. The van der Waals surface area contributed by atoms with Crippen molar-refractivity contribution in [2.75, 3.05) is 28.8 Å². The number of thiazole rings is 1. The zero-order valence-electron chi connectivity index (χ0n) is 18.6. The molecule has 0 aliphatic heterocycles. The first-order valence-corrected chi connectivity index (χ1v) is 13.5. The molecule has 0 radical (unpaired) electrons. The van der Waals surface area contributed by atoms with Gasteiger partial charge in [0.15, 0.2) is 10.2 Å². The van der Waals surface area contributed by atoms with E-state index in [2.05, 4.69) is 36.9 Å². The number of benzene rings is 3. The Morgan fingerprint density at radius 2 is 1.86 bits per heavy atom. The fourth-order valence-corrected chi connectivity index (χ4v) is 5.07. The number of hydrogen-bond acceptors (Lipinski definition) is 6. The quantitative estimate of drug-likeness (QED) is 0.150. The van der Waals surface area contributed by atoms with Gasteiger partial charge >= 0.3 is 0 Å². The molecule has 35 heavy (non-hydrogen) atoms. The highest BCUT2D eigenvalue weighted by atomic mass is 79.9. The second-order valence-corrected chi connectivity index (χ2v) is 10.4. The first kappa shape index (κ1) is 25.2. The van der Waals surface area contributed by atoms with E-state index in [9.17, 15) is 4.79 Å². The zero-order valence-corrected chi connectivity index (χ0v) is 22.6. The highest BCUT2D eigenvalue weighted by Gasteiger charge is 2.10. The van der Waals surface area contributed by atoms with Crippen molar-refractivity contribution in [3.8, 4) is 17.0 Å². The molecule has 4 rings (SSSR count). The topological polar surface area (TPSA) is 75.3 Å². The van der Waals surface area contributed by atoms with Crippen LogP contribution in [0.3, 0.4) is 0 Å². The van der Waals surface area contributed by atoms with Crippen LogP contribution in [0.15, 0.2) is 87.5 Å². The van der Waals surface area contributed by atoms with Crippen molar-refractivity contribution in [1.82, 2.24) is 4.98 Å². The number of aromatic nitrogens is 1. The minimum absolute atomic E-state index is 0.113. The molecule has 0 aliphatic carbocycles. The molecule has 1 heterocycles. The van der Waals surface area contributed by atoms with Gasteiger partial charge in [-0.05, 0) is 54.7 Å². The maximum absolute atomic E-state index is 12.5. The lowest BCUT2D eigenvalue weighted by atomic mass is 10.2. The fraction of sp³-hybridized carbons (Fsp3) is 0.0800. The lowest BCUT2D eigenvalue weighted by Gasteiger charge is -2.13. The molecule has 6 nitrogen and oxygen atoms in total. The van der Waals surface area contributed by atoms with E-state index in [1.807, 2.05) is 78.2 Å². The van der Waals surface area contributed by atoms with Crippen LogP contribution >= 0.6 is 51.2 Å². The van der Waals surface area contributed by atoms with Crippen molar-refractivity contribution in [1.29, 1.82) is 0 Å². The maximum Gasteiger partial charge on any atom is 0.236 e. The van der Waals surface area contributed by atoms with Gasteiger partial charge in [-0.25, -0.2) is 4.98 Å². The summed E-state index contributed by atoms with van der Waals surface area (Å²) in [6, 6.07) is 23.2. The molecule has 0 aliphatic rings. The monoisotopic (exact) mass is 584 g/mol. The number of anilines is 3. The molecule has 4 aromatic rings. The summed E-state index contributed by atoms with van der Waals surface area (Å²) in [5, 5.41) is 12.1. The summed E-state index contributed by atoms with van der Waals surface area (Å²) in [6.07, 6.45) is 0. The number of carbonyl (C=O) groups is 1. The average molecular weight is 586 g/mol. The van der Waals surface area contributed by atoms with Crippen LogP contribution in [0.25, 0.3) is 11.3 Å². The van der Waals surface area contributed by atoms with Crippen molar-refractivity contribution in [2.45, 2.75) is 4.90 Å². The second-order valence-electron chi connectivity index (χ2n) is 7.19. The third-order valence-electron chi connectivity index (χ3n) is 4.71. The molecular weight excluding hydrogens is 564 g/mol. The van der Waals surface area contributed by atoms with Gasteiger partial charge in [0.05, 0.1) is 24.2 Å². The van der Waals surface area contributed by atoms with Crippen molar-refractivity contribution in [3.63, 3.8) is 0 Å². The van der Waals surface area contributed by atoms with E-state index in [4.69, 9.17) is 17.0 Å². The Hall–Kier alpha value is -2.92. The number of thioether (sulfide) groups is 1. The molecule has 10 heteroatoms. The number of ether oxygens (including phenoxy) is 1. The summed E-state index contributed by atoms with van der Waals surface area (Å²) < 4.78 is 6.35. The Morgan fingerprint density at radius 3 is 2.66 bits per heavy atom. The van der Waals surface area contributed by atoms with Crippen molar-refractivity contribution < 1.29 is 9.53 Å². The van der Waals surface area contributed by atoms with Gasteiger partial charge in [-0.15, -0.1) is 23.1 Å². The van der Waals surface area contributed by atoms with Gasteiger partial charge in [-0.1, -0.05) is 46.3 Å². The molecule has 1 aromatic heterocycles. The van der Waals surface area contributed by atoms with Crippen molar-refractivity contribution in [2.24, 2.45) is 0 Å². The number of amides is 1. The van der Waals surface area contributed by atoms with Crippen molar-refractivity contribution >= 4 is 78.8 Å². The van der Waals surface area contributed by atoms with E-state index in [1.54, 1.807) is 7.11 Å². The normalized spacial score (nSPS) is 10.5. The number of nitrogens with one attached hydrogen (secondary N) is 3. The minimum Gasteiger partial charge on any atom is -0.495 e. The lowest BCUT2D eigenvalue weighted by molar-refractivity contribution is -0.113. The van der Waals surface area contributed by atoms with E-state index >= 15 is 0 Å². The summed E-state index contributed by atoms with van der Waals surface area (Å²) in [6.45, 7) is 0. The average Bonchev–Trinajstić information content (AvgIpc) is 3.32. The Morgan fingerprint density at radius 1 is 1.06 bits per heavy atom. The summed E-state index contributed by atoms with van der Waals surface area (Å²) in [7, 11) is 1.61. The minimum atomic E-state index is -0.113. The molecule has 0 fully saturated rings. The number of carbonyl (C=O) groups excluding carboxylic acids is 1. The van der Waals surface area contributed by atoms with Crippen LogP contribution in [0.5, 0.6) is 5.75 Å². The summed E-state index contributed by atoms with van der Waals surface area (Å²) in [5.41, 5.74) is 3.44. The van der Waals surface area contributed by atoms with Gasteiger partial charge < -0.3 is 20.7 Å². The van der Waals surface area contributed by atoms with Gasteiger partial charge in [0.1, 0.15) is 5.75 Å². The Bertz CT molecular complexity index is 1330. The van der Waals surface area contributed by atoms with Crippen LogP contribution in [0.2, 0.25) is 0 Å². The number of para-hydroxylation sites is 2. The molecule has 0 atom stereocenters.